The highest BCUT2D eigenvalue weighted by Crippen LogP contribution is 2.45. The maximum atomic E-state index is 12.5. The van der Waals surface area contributed by atoms with Crippen LogP contribution in [0.2, 0.25) is 0 Å². The van der Waals surface area contributed by atoms with Gasteiger partial charge in [-0.1, -0.05) is 13.8 Å². The molecule has 1 saturated heterocycles. The van der Waals surface area contributed by atoms with E-state index in [9.17, 15) is 13.2 Å². The lowest BCUT2D eigenvalue weighted by Gasteiger charge is -2.33. The minimum Gasteiger partial charge on any atom is -0.316 e. The lowest BCUT2D eigenvalue weighted by atomic mass is 9.78. The van der Waals surface area contributed by atoms with Crippen molar-refractivity contribution in [3.05, 3.63) is 0 Å². The number of hydrogen-bond acceptors (Lipinski definition) is 1. The number of alkyl halides is 3. The van der Waals surface area contributed by atoms with Crippen molar-refractivity contribution in [3.63, 3.8) is 0 Å². The molecule has 0 radical (unpaired) electrons. The molecule has 80 valence electrons. The van der Waals surface area contributed by atoms with E-state index in [0.717, 1.165) is 0 Å². The summed E-state index contributed by atoms with van der Waals surface area (Å²) in [7, 11) is 0. The van der Waals surface area contributed by atoms with E-state index in [2.05, 4.69) is 5.32 Å². The lowest BCUT2D eigenvalue weighted by molar-refractivity contribution is -0.227. The average Bonchev–Trinajstić information content (AvgIpc) is 2.34. The molecule has 5 heteroatoms. The van der Waals surface area contributed by atoms with E-state index in [-0.39, 0.29) is 18.3 Å². The predicted molar refractivity (Wildman–Crippen MR) is 48.1 cm³/mol. The first-order valence-corrected chi connectivity index (χ1v) is 4.13. The molecule has 0 aromatic carbocycles. The fraction of sp³-hybridized carbons (Fsp3) is 1.00. The Morgan fingerprint density at radius 1 is 1.23 bits per heavy atom. The van der Waals surface area contributed by atoms with E-state index in [1.165, 1.54) is 13.8 Å². The Labute approximate surface area is 82.5 Å². The zero-order chi connectivity index (χ0) is 9.41. The summed E-state index contributed by atoms with van der Waals surface area (Å²) in [6.45, 7) is 3.77. The molecule has 1 aliphatic rings. The predicted octanol–water partition coefficient (Wildman–Crippen LogP) is 2.61. The second kappa shape index (κ2) is 4.05. The van der Waals surface area contributed by atoms with Gasteiger partial charge in [-0.2, -0.15) is 13.2 Å². The standard InChI is InChI=1S/C8H14F3N.ClH/c1-7(2,8(9,10)11)6-3-4-12-5-6;/h6,12H,3-5H2,1-2H3;1H. The molecular weight excluding hydrogens is 203 g/mol. The maximum Gasteiger partial charge on any atom is 0.394 e. The second-order valence-corrected chi connectivity index (χ2v) is 3.91. The molecule has 0 bridgehead atoms. The topological polar surface area (TPSA) is 12.0 Å². The molecule has 1 unspecified atom stereocenters. The highest BCUT2D eigenvalue weighted by Gasteiger charge is 2.52. The van der Waals surface area contributed by atoms with E-state index in [0.29, 0.717) is 19.5 Å². The van der Waals surface area contributed by atoms with Gasteiger partial charge in [0.25, 0.3) is 0 Å². The van der Waals surface area contributed by atoms with Crippen LogP contribution in [0.25, 0.3) is 0 Å². The van der Waals surface area contributed by atoms with Gasteiger partial charge in [-0.3, -0.25) is 0 Å². The Bertz CT molecular complexity index is 161. The van der Waals surface area contributed by atoms with Gasteiger partial charge in [-0.05, 0) is 25.4 Å². The molecule has 0 aromatic rings. The molecule has 0 amide bonds. The maximum absolute atomic E-state index is 12.5. The molecule has 1 heterocycles. The summed E-state index contributed by atoms with van der Waals surface area (Å²) >= 11 is 0. The molecule has 0 aliphatic carbocycles. The van der Waals surface area contributed by atoms with Crippen molar-refractivity contribution in [2.24, 2.45) is 11.3 Å². The Kier molecular flexibility index (Phi) is 4.06. The first kappa shape index (κ1) is 13.0. The van der Waals surface area contributed by atoms with Gasteiger partial charge in [0, 0.05) is 0 Å². The monoisotopic (exact) mass is 217 g/mol. The quantitative estimate of drug-likeness (QED) is 0.712. The van der Waals surface area contributed by atoms with E-state index >= 15 is 0 Å². The molecule has 1 aliphatic heterocycles. The van der Waals surface area contributed by atoms with Crippen molar-refractivity contribution in [1.82, 2.24) is 5.32 Å². The van der Waals surface area contributed by atoms with Gasteiger partial charge in [-0.25, -0.2) is 0 Å². The van der Waals surface area contributed by atoms with Crippen LogP contribution in [0.1, 0.15) is 20.3 Å². The zero-order valence-corrected chi connectivity index (χ0v) is 8.56. The molecule has 1 nitrogen and oxygen atoms in total. The van der Waals surface area contributed by atoms with Gasteiger partial charge in [-0.15, -0.1) is 12.4 Å². The SMILES string of the molecule is CC(C)(C1CCNC1)C(F)(F)F.Cl. The van der Waals surface area contributed by atoms with Crippen LogP contribution in [0, 0.1) is 11.3 Å². The highest BCUT2D eigenvalue weighted by molar-refractivity contribution is 5.85. The van der Waals surface area contributed by atoms with Gasteiger partial charge in [0.1, 0.15) is 0 Å². The normalized spacial score (nSPS) is 24.2. The van der Waals surface area contributed by atoms with Crippen molar-refractivity contribution < 1.29 is 13.2 Å². The van der Waals surface area contributed by atoms with Gasteiger partial charge in [0.2, 0.25) is 0 Å². The largest absolute Gasteiger partial charge is 0.394 e. The van der Waals surface area contributed by atoms with Crippen LogP contribution in [-0.4, -0.2) is 19.3 Å². The van der Waals surface area contributed by atoms with Crippen LogP contribution < -0.4 is 5.32 Å². The second-order valence-electron chi connectivity index (χ2n) is 3.91. The Morgan fingerprint density at radius 2 is 1.77 bits per heavy atom. The summed E-state index contributed by atoms with van der Waals surface area (Å²) in [5.41, 5.74) is -1.55. The van der Waals surface area contributed by atoms with Gasteiger partial charge in [0.15, 0.2) is 0 Å². The molecule has 0 saturated carbocycles. The summed E-state index contributed by atoms with van der Waals surface area (Å²) in [5, 5.41) is 2.95. The molecule has 0 spiro atoms. The summed E-state index contributed by atoms with van der Waals surface area (Å²) in [6, 6.07) is 0. The first-order valence-electron chi connectivity index (χ1n) is 4.13. The van der Waals surface area contributed by atoms with Crippen LogP contribution in [-0.2, 0) is 0 Å². The van der Waals surface area contributed by atoms with Crippen molar-refractivity contribution >= 4 is 12.4 Å². The van der Waals surface area contributed by atoms with E-state index in [1.54, 1.807) is 0 Å². The molecule has 1 atom stereocenters. The van der Waals surface area contributed by atoms with Crippen LogP contribution >= 0.6 is 12.4 Å². The Hall–Kier alpha value is 0.0400. The molecule has 1 fully saturated rings. The van der Waals surface area contributed by atoms with E-state index < -0.39 is 11.6 Å². The number of hydrogen-bond donors (Lipinski definition) is 1. The van der Waals surface area contributed by atoms with Gasteiger partial charge >= 0.3 is 6.18 Å². The fourth-order valence-corrected chi connectivity index (χ4v) is 1.50. The van der Waals surface area contributed by atoms with Crippen LogP contribution in [0.3, 0.4) is 0 Å². The third-order valence-electron chi connectivity index (χ3n) is 2.81. The average molecular weight is 218 g/mol. The van der Waals surface area contributed by atoms with Crippen LogP contribution in [0.15, 0.2) is 0 Å². The molecule has 1 N–H and O–H groups in total. The Balaban J connectivity index is 0.00000144. The summed E-state index contributed by atoms with van der Waals surface area (Å²) < 4.78 is 37.4. The molecule has 13 heavy (non-hydrogen) atoms. The van der Waals surface area contributed by atoms with E-state index in [4.69, 9.17) is 0 Å². The molecule has 0 aromatic heterocycles. The fourth-order valence-electron chi connectivity index (χ4n) is 1.50. The van der Waals surface area contributed by atoms with Crippen molar-refractivity contribution in [2.45, 2.75) is 26.4 Å². The minimum atomic E-state index is -4.08. The Morgan fingerprint density at radius 3 is 2.08 bits per heavy atom. The zero-order valence-electron chi connectivity index (χ0n) is 7.74. The van der Waals surface area contributed by atoms with Gasteiger partial charge in [0.05, 0.1) is 5.41 Å². The van der Waals surface area contributed by atoms with Crippen molar-refractivity contribution in [2.75, 3.05) is 13.1 Å². The third-order valence-corrected chi connectivity index (χ3v) is 2.81. The summed E-state index contributed by atoms with van der Waals surface area (Å²) in [5.74, 6) is -0.266. The summed E-state index contributed by atoms with van der Waals surface area (Å²) in [6.07, 6.45) is -3.45. The van der Waals surface area contributed by atoms with Gasteiger partial charge < -0.3 is 5.32 Å². The first-order chi connectivity index (χ1) is 5.36. The highest BCUT2D eigenvalue weighted by atomic mass is 35.5. The molecular formula is C8H15ClF3N. The van der Waals surface area contributed by atoms with E-state index in [1.807, 2.05) is 0 Å². The van der Waals surface area contributed by atoms with Crippen molar-refractivity contribution in [3.8, 4) is 0 Å². The molecule has 1 rings (SSSR count). The number of halogens is 4. The number of nitrogens with one attached hydrogen (secondary N) is 1. The third kappa shape index (κ3) is 2.50. The van der Waals surface area contributed by atoms with Crippen molar-refractivity contribution in [1.29, 1.82) is 0 Å². The smallest absolute Gasteiger partial charge is 0.316 e. The van der Waals surface area contributed by atoms with Crippen LogP contribution in [0.4, 0.5) is 13.2 Å². The van der Waals surface area contributed by atoms with Crippen LogP contribution in [0.5, 0.6) is 0 Å². The minimum absolute atomic E-state index is 0. The summed E-state index contributed by atoms with van der Waals surface area (Å²) in [4.78, 5) is 0. The number of rotatable bonds is 1. The lowest BCUT2D eigenvalue weighted by Crippen LogP contribution is -2.40.